The second-order valence-corrected chi connectivity index (χ2v) is 8.91. The first-order valence-electron chi connectivity index (χ1n) is 9.70. The average molecular weight is 352 g/mol. The smallest absolute Gasteiger partial charge is 0.410 e. The molecule has 2 aliphatic heterocycles. The quantitative estimate of drug-likeness (QED) is 0.787. The van der Waals surface area contributed by atoms with Gasteiger partial charge in [0.05, 0.1) is 5.60 Å². The molecule has 142 valence electrons. The fraction of sp³-hybridized carbons (Fsp3) is 0.895. The molecule has 6 nitrogen and oxygen atoms in total. The molecule has 1 saturated carbocycles. The number of aliphatic hydroxyl groups is 1. The maximum atomic E-state index is 13.1. The summed E-state index contributed by atoms with van der Waals surface area (Å²) < 4.78 is 5.47. The highest BCUT2D eigenvalue weighted by molar-refractivity contribution is 5.86. The van der Waals surface area contributed by atoms with Gasteiger partial charge in [0.2, 0.25) is 5.91 Å². The van der Waals surface area contributed by atoms with Crippen LogP contribution >= 0.6 is 0 Å². The molecule has 2 saturated heterocycles. The van der Waals surface area contributed by atoms with Crippen LogP contribution in [0.5, 0.6) is 0 Å². The molecule has 0 unspecified atom stereocenters. The van der Waals surface area contributed by atoms with Gasteiger partial charge < -0.3 is 14.7 Å². The Labute approximate surface area is 150 Å². The zero-order chi connectivity index (χ0) is 18.2. The molecule has 0 bridgehead atoms. The van der Waals surface area contributed by atoms with E-state index in [0.29, 0.717) is 32.5 Å². The lowest BCUT2D eigenvalue weighted by Gasteiger charge is -2.48. The van der Waals surface area contributed by atoms with Crippen molar-refractivity contribution in [1.29, 1.82) is 0 Å². The summed E-state index contributed by atoms with van der Waals surface area (Å²) in [6.07, 6.45) is 5.84. The fourth-order valence-electron chi connectivity index (χ4n) is 4.54. The number of nitrogens with zero attached hydrogens (tertiary/aromatic N) is 2. The second-order valence-electron chi connectivity index (χ2n) is 8.91. The van der Waals surface area contributed by atoms with Gasteiger partial charge in [-0.15, -0.1) is 0 Å². The third-order valence-corrected chi connectivity index (χ3v) is 5.91. The molecule has 3 aliphatic rings. The summed E-state index contributed by atoms with van der Waals surface area (Å²) in [4.78, 5) is 29.0. The van der Waals surface area contributed by atoms with Crippen LogP contribution in [0.3, 0.4) is 0 Å². The zero-order valence-electron chi connectivity index (χ0n) is 15.8. The summed E-state index contributed by atoms with van der Waals surface area (Å²) in [5.41, 5.74) is -1.15. The van der Waals surface area contributed by atoms with Crippen LogP contribution < -0.4 is 0 Å². The van der Waals surface area contributed by atoms with E-state index in [1.807, 2.05) is 25.7 Å². The molecule has 0 aromatic heterocycles. The predicted molar refractivity (Wildman–Crippen MR) is 94.1 cm³/mol. The predicted octanol–water partition coefficient (Wildman–Crippen LogP) is 2.54. The Bertz CT molecular complexity index is 530. The summed E-state index contributed by atoms with van der Waals surface area (Å²) in [5, 5.41) is 10.8. The van der Waals surface area contributed by atoms with Crippen molar-refractivity contribution in [3.05, 3.63) is 0 Å². The van der Waals surface area contributed by atoms with Gasteiger partial charge in [0.1, 0.15) is 11.6 Å². The molecule has 6 heteroatoms. The summed E-state index contributed by atoms with van der Waals surface area (Å²) in [6, 6.07) is -0.412. The molecule has 0 aromatic carbocycles. The van der Waals surface area contributed by atoms with Crippen molar-refractivity contribution < 1.29 is 19.4 Å². The van der Waals surface area contributed by atoms with E-state index >= 15 is 0 Å². The van der Waals surface area contributed by atoms with Gasteiger partial charge in [0, 0.05) is 25.6 Å². The van der Waals surface area contributed by atoms with Gasteiger partial charge in [0.15, 0.2) is 0 Å². The van der Waals surface area contributed by atoms with Crippen molar-refractivity contribution in [1.82, 2.24) is 9.80 Å². The third kappa shape index (κ3) is 3.94. The first-order chi connectivity index (χ1) is 11.7. The zero-order valence-corrected chi connectivity index (χ0v) is 15.8. The number of rotatable bonds is 1. The van der Waals surface area contributed by atoms with E-state index in [9.17, 15) is 14.7 Å². The van der Waals surface area contributed by atoms with Gasteiger partial charge in [-0.2, -0.15) is 0 Å². The maximum Gasteiger partial charge on any atom is 0.410 e. The minimum Gasteiger partial charge on any atom is -0.444 e. The molecule has 25 heavy (non-hydrogen) atoms. The van der Waals surface area contributed by atoms with Crippen LogP contribution in [0.4, 0.5) is 4.79 Å². The molecule has 3 atom stereocenters. The monoisotopic (exact) mass is 352 g/mol. The Balaban J connectivity index is 1.65. The van der Waals surface area contributed by atoms with Crippen LogP contribution in [0.2, 0.25) is 0 Å². The minimum absolute atomic E-state index is 0.0241. The van der Waals surface area contributed by atoms with Crippen LogP contribution in [0.25, 0.3) is 0 Å². The Morgan fingerprint density at radius 1 is 1.08 bits per heavy atom. The first-order valence-corrected chi connectivity index (χ1v) is 9.70. The molecular formula is C19H32N2O4. The van der Waals surface area contributed by atoms with Crippen molar-refractivity contribution >= 4 is 12.0 Å². The lowest BCUT2D eigenvalue weighted by Crippen LogP contribution is -2.58. The summed E-state index contributed by atoms with van der Waals surface area (Å²) in [5.74, 6) is 0.200. The average Bonchev–Trinajstić information content (AvgIpc) is 3.01. The van der Waals surface area contributed by atoms with Gasteiger partial charge in [-0.1, -0.05) is 12.8 Å². The van der Waals surface area contributed by atoms with Gasteiger partial charge >= 0.3 is 6.09 Å². The van der Waals surface area contributed by atoms with Crippen molar-refractivity contribution in [2.24, 2.45) is 5.92 Å². The van der Waals surface area contributed by atoms with Crippen molar-refractivity contribution in [2.45, 2.75) is 83.0 Å². The second kappa shape index (κ2) is 6.78. The summed E-state index contributed by atoms with van der Waals surface area (Å²) in [6.45, 7) is 7.30. The number of likely N-dealkylation sites (tertiary alicyclic amines) is 2. The highest BCUT2D eigenvalue weighted by Crippen LogP contribution is 2.40. The number of fused-ring (bicyclic) bond motifs is 1. The van der Waals surface area contributed by atoms with Crippen molar-refractivity contribution in [3.63, 3.8) is 0 Å². The van der Waals surface area contributed by atoms with E-state index in [1.54, 1.807) is 4.90 Å². The van der Waals surface area contributed by atoms with Gasteiger partial charge in [-0.3, -0.25) is 9.69 Å². The highest BCUT2D eigenvalue weighted by Gasteiger charge is 2.46. The third-order valence-electron chi connectivity index (χ3n) is 5.91. The van der Waals surface area contributed by atoms with Crippen LogP contribution in [0, 0.1) is 5.92 Å². The molecule has 3 fully saturated rings. The molecular weight excluding hydrogens is 320 g/mol. The molecule has 2 heterocycles. The number of carbonyl (C=O) groups is 2. The molecule has 0 aromatic rings. The van der Waals surface area contributed by atoms with Crippen LogP contribution in [0.15, 0.2) is 0 Å². The lowest BCUT2D eigenvalue weighted by molar-refractivity contribution is -0.147. The van der Waals surface area contributed by atoms with Crippen LogP contribution in [-0.4, -0.2) is 63.8 Å². The normalized spacial score (nSPS) is 33.1. The number of ether oxygens (including phenoxy) is 1. The number of carbonyl (C=O) groups excluding carboxylic acids is 2. The largest absolute Gasteiger partial charge is 0.444 e. The topological polar surface area (TPSA) is 70.1 Å². The molecule has 0 radical (unpaired) electrons. The minimum atomic E-state index is -0.588. The standard InChI is InChI=1S/C19H32N2O4/c1-18(2,3)25-17(23)21-11-6-8-15(21)16(22)20-12-10-19(24)9-5-4-7-14(19)13-20/h14-15,24H,4-13H2,1-3H3/t14-,15-,19-/m1/s1. The van der Waals surface area contributed by atoms with E-state index in [4.69, 9.17) is 4.74 Å². The fourth-order valence-corrected chi connectivity index (χ4v) is 4.54. The number of piperidine rings is 1. The Kier molecular flexibility index (Phi) is 5.02. The number of amides is 2. The maximum absolute atomic E-state index is 13.1. The molecule has 1 aliphatic carbocycles. The lowest BCUT2D eigenvalue weighted by atomic mass is 9.71. The summed E-state index contributed by atoms with van der Waals surface area (Å²) in [7, 11) is 0. The number of hydrogen-bond donors (Lipinski definition) is 1. The van der Waals surface area contributed by atoms with E-state index < -0.39 is 23.3 Å². The highest BCUT2D eigenvalue weighted by atomic mass is 16.6. The molecule has 2 amide bonds. The Hall–Kier alpha value is -1.30. The van der Waals surface area contributed by atoms with Gasteiger partial charge in [-0.05, 0) is 52.9 Å². The molecule has 1 N–H and O–H groups in total. The van der Waals surface area contributed by atoms with Gasteiger partial charge in [0.25, 0.3) is 0 Å². The van der Waals surface area contributed by atoms with Crippen LogP contribution in [-0.2, 0) is 9.53 Å². The first kappa shape index (κ1) is 18.5. The molecule has 3 rings (SSSR count). The molecule has 0 spiro atoms. The SMILES string of the molecule is CC(C)(C)OC(=O)N1CCC[C@@H]1C(=O)N1CC[C@]2(O)CCCC[C@@H]2C1. The van der Waals surface area contributed by atoms with Crippen LogP contribution in [0.1, 0.15) is 65.7 Å². The Morgan fingerprint density at radius 2 is 1.84 bits per heavy atom. The summed E-state index contributed by atoms with van der Waals surface area (Å²) >= 11 is 0. The van der Waals surface area contributed by atoms with Crippen molar-refractivity contribution in [3.8, 4) is 0 Å². The van der Waals surface area contributed by atoms with E-state index in [2.05, 4.69) is 0 Å². The van der Waals surface area contributed by atoms with E-state index in [1.165, 1.54) is 0 Å². The van der Waals surface area contributed by atoms with E-state index in [0.717, 1.165) is 32.1 Å². The van der Waals surface area contributed by atoms with E-state index in [-0.39, 0.29) is 11.8 Å². The van der Waals surface area contributed by atoms with Gasteiger partial charge in [-0.25, -0.2) is 4.79 Å². The van der Waals surface area contributed by atoms with Crippen molar-refractivity contribution in [2.75, 3.05) is 19.6 Å². The number of hydrogen-bond acceptors (Lipinski definition) is 4. The Morgan fingerprint density at radius 3 is 2.56 bits per heavy atom.